The van der Waals surface area contributed by atoms with Crippen molar-refractivity contribution in [1.82, 2.24) is 4.72 Å². The number of nitrogens with one attached hydrogen (secondary N) is 1. The second kappa shape index (κ2) is 4.52. The van der Waals surface area contributed by atoms with Gasteiger partial charge >= 0.3 is 0 Å². The SMILES string of the molecule is C=CC(CC)N[SH](=O)=O. The minimum absolute atomic E-state index is 0.105. The highest BCUT2D eigenvalue weighted by Crippen LogP contribution is 1.88. The molecule has 9 heavy (non-hydrogen) atoms. The lowest BCUT2D eigenvalue weighted by Crippen LogP contribution is -2.24. The molecule has 0 saturated carbocycles. The number of hydrogen-bond acceptors (Lipinski definition) is 2. The summed E-state index contributed by atoms with van der Waals surface area (Å²) in [6.45, 7) is 5.34. The Bertz CT molecular complexity index is 145. The Kier molecular flexibility index (Phi) is 4.35. The van der Waals surface area contributed by atoms with Crippen molar-refractivity contribution in [2.45, 2.75) is 19.4 Å². The summed E-state index contributed by atoms with van der Waals surface area (Å²) in [5.41, 5.74) is 0. The van der Waals surface area contributed by atoms with Gasteiger partial charge in [-0.2, -0.15) is 0 Å². The van der Waals surface area contributed by atoms with Gasteiger partial charge in [-0.15, -0.1) is 6.58 Å². The Morgan fingerprint density at radius 2 is 2.33 bits per heavy atom. The molecule has 0 saturated heterocycles. The third-order valence-corrected chi connectivity index (χ3v) is 1.54. The number of hydrogen-bond donors (Lipinski definition) is 2. The van der Waals surface area contributed by atoms with Crippen LogP contribution in [0.15, 0.2) is 12.7 Å². The van der Waals surface area contributed by atoms with Crippen LogP contribution in [-0.2, 0) is 10.9 Å². The van der Waals surface area contributed by atoms with Crippen molar-refractivity contribution < 1.29 is 8.42 Å². The molecule has 0 spiro atoms. The third-order valence-electron chi connectivity index (χ3n) is 0.996. The summed E-state index contributed by atoms with van der Waals surface area (Å²) in [5.74, 6) is 0. The van der Waals surface area contributed by atoms with Crippen molar-refractivity contribution in [3.63, 3.8) is 0 Å². The van der Waals surface area contributed by atoms with E-state index in [1.807, 2.05) is 6.92 Å². The van der Waals surface area contributed by atoms with E-state index < -0.39 is 10.9 Å². The van der Waals surface area contributed by atoms with E-state index in [2.05, 4.69) is 11.3 Å². The predicted octanol–water partition coefficient (Wildman–Crippen LogP) is 0.0670. The van der Waals surface area contributed by atoms with Gasteiger partial charge in [0.2, 0.25) is 10.9 Å². The molecule has 0 heterocycles. The first-order valence-electron chi connectivity index (χ1n) is 2.73. The van der Waals surface area contributed by atoms with E-state index in [9.17, 15) is 8.42 Å². The fourth-order valence-corrected chi connectivity index (χ4v) is 1.00. The molecule has 0 radical (unpaired) electrons. The summed E-state index contributed by atoms with van der Waals surface area (Å²) < 4.78 is 22.3. The molecule has 0 aliphatic rings. The first-order valence-corrected chi connectivity index (χ1v) is 3.91. The molecule has 4 heteroatoms. The highest BCUT2D eigenvalue weighted by Gasteiger charge is 1.97. The van der Waals surface area contributed by atoms with Crippen LogP contribution in [0.2, 0.25) is 0 Å². The van der Waals surface area contributed by atoms with E-state index in [1.165, 1.54) is 0 Å². The molecule has 1 unspecified atom stereocenters. The van der Waals surface area contributed by atoms with E-state index in [4.69, 9.17) is 0 Å². The molecule has 1 atom stereocenters. The van der Waals surface area contributed by atoms with E-state index in [0.717, 1.165) is 6.42 Å². The Balaban J connectivity index is 3.69. The quantitative estimate of drug-likeness (QED) is 0.439. The van der Waals surface area contributed by atoms with Crippen LogP contribution < -0.4 is 4.72 Å². The van der Waals surface area contributed by atoms with Gasteiger partial charge in [-0.3, -0.25) is 0 Å². The molecule has 3 nitrogen and oxygen atoms in total. The van der Waals surface area contributed by atoms with Gasteiger partial charge in [0.05, 0.1) is 0 Å². The number of thiol groups is 1. The molecule has 0 rings (SSSR count). The van der Waals surface area contributed by atoms with Crippen molar-refractivity contribution in [1.29, 1.82) is 0 Å². The molecule has 0 bridgehead atoms. The number of rotatable bonds is 4. The molecule has 0 fully saturated rings. The molecular weight excluding hydrogens is 138 g/mol. The normalized spacial score (nSPS) is 13.6. The zero-order chi connectivity index (χ0) is 7.28. The van der Waals surface area contributed by atoms with E-state index in [1.54, 1.807) is 6.08 Å². The van der Waals surface area contributed by atoms with Crippen molar-refractivity contribution in [3.8, 4) is 0 Å². The largest absolute Gasteiger partial charge is 0.215 e. The zero-order valence-electron chi connectivity index (χ0n) is 5.33. The highest BCUT2D eigenvalue weighted by atomic mass is 32.2. The average Bonchev–Trinajstić information content (AvgIpc) is 1.82. The summed E-state index contributed by atoms with van der Waals surface area (Å²) in [7, 11) is -2.47. The van der Waals surface area contributed by atoms with Gasteiger partial charge in [0.25, 0.3) is 0 Å². The van der Waals surface area contributed by atoms with Gasteiger partial charge in [-0.05, 0) is 6.42 Å². The molecule has 0 aromatic heterocycles. The van der Waals surface area contributed by atoms with Crippen molar-refractivity contribution >= 4 is 10.9 Å². The smallest absolute Gasteiger partial charge is 0.201 e. The van der Waals surface area contributed by atoms with Crippen LogP contribution in [0.4, 0.5) is 0 Å². The molecule has 0 aliphatic heterocycles. The molecule has 54 valence electrons. The first kappa shape index (κ1) is 8.65. The Labute approximate surface area is 56.9 Å². The summed E-state index contributed by atoms with van der Waals surface area (Å²) in [6.07, 6.45) is 2.32. The third kappa shape index (κ3) is 4.17. The maximum absolute atomic E-state index is 10.0. The lowest BCUT2D eigenvalue weighted by atomic mass is 10.2. The summed E-state index contributed by atoms with van der Waals surface area (Å²) in [4.78, 5) is 0. The predicted molar refractivity (Wildman–Crippen MR) is 37.7 cm³/mol. The van der Waals surface area contributed by atoms with Crippen molar-refractivity contribution in [2.24, 2.45) is 0 Å². The minimum Gasteiger partial charge on any atom is -0.215 e. The summed E-state index contributed by atoms with van der Waals surface area (Å²) >= 11 is 0. The van der Waals surface area contributed by atoms with Gasteiger partial charge in [0, 0.05) is 6.04 Å². The Morgan fingerprint density at radius 1 is 1.78 bits per heavy atom. The van der Waals surface area contributed by atoms with Crippen molar-refractivity contribution in [3.05, 3.63) is 12.7 Å². The van der Waals surface area contributed by atoms with Crippen LogP contribution in [0.3, 0.4) is 0 Å². The van der Waals surface area contributed by atoms with Gasteiger partial charge in [0.15, 0.2) is 0 Å². The minimum atomic E-state index is -2.47. The monoisotopic (exact) mass is 149 g/mol. The van der Waals surface area contributed by atoms with Crippen LogP contribution in [-0.4, -0.2) is 14.5 Å². The standard InChI is InChI=1S/C5H11NO2S/c1-3-5(4-2)6-9(7)8/h3,5,9H,1,4H2,2H3,(H,6,7,8). The van der Waals surface area contributed by atoms with Gasteiger partial charge in [0.1, 0.15) is 0 Å². The summed E-state index contributed by atoms with van der Waals surface area (Å²) in [6, 6.07) is -0.105. The lowest BCUT2D eigenvalue weighted by molar-refractivity contribution is 0.588. The maximum atomic E-state index is 10.0. The van der Waals surface area contributed by atoms with Gasteiger partial charge < -0.3 is 0 Å². The Morgan fingerprint density at radius 3 is 2.44 bits per heavy atom. The van der Waals surface area contributed by atoms with Crippen LogP contribution >= 0.6 is 0 Å². The molecule has 0 aromatic rings. The van der Waals surface area contributed by atoms with Gasteiger partial charge in [-0.1, -0.05) is 13.0 Å². The Hall–Kier alpha value is -0.350. The molecular formula is C5H11NO2S. The molecule has 0 aromatic carbocycles. The maximum Gasteiger partial charge on any atom is 0.201 e. The van der Waals surface area contributed by atoms with E-state index >= 15 is 0 Å². The van der Waals surface area contributed by atoms with Crippen LogP contribution in [0.1, 0.15) is 13.3 Å². The first-order chi connectivity index (χ1) is 4.20. The van der Waals surface area contributed by atoms with Crippen molar-refractivity contribution in [2.75, 3.05) is 0 Å². The topological polar surface area (TPSA) is 46.2 Å². The van der Waals surface area contributed by atoms with E-state index in [-0.39, 0.29) is 6.04 Å². The fourth-order valence-electron chi connectivity index (χ4n) is 0.446. The lowest BCUT2D eigenvalue weighted by Gasteiger charge is -2.03. The van der Waals surface area contributed by atoms with Gasteiger partial charge in [-0.25, -0.2) is 13.1 Å². The second-order valence-electron chi connectivity index (χ2n) is 1.64. The molecule has 1 N–H and O–H groups in total. The van der Waals surface area contributed by atoms with Crippen LogP contribution in [0, 0.1) is 0 Å². The van der Waals surface area contributed by atoms with Crippen LogP contribution in [0.5, 0.6) is 0 Å². The zero-order valence-corrected chi connectivity index (χ0v) is 6.23. The second-order valence-corrected chi connectivity index (χ2v) is 2.41. The summed E-state index contributed by atoms with van der Waals surface area (Å²) in [5, 5.41) is 0. The molecule has 0 amide bonds. The molecule has 0 aliphatic carbocycles. The fraction of sp³-hybridized carbons (Fsp3) is 0.600. The highest BCUT2D eigenvalue weighted by molar-refractivity contribution is 7.70. The van der Waals surface area contributed by atoms with Crippen LogP contribution in [0.25, 0.3) is 0 Å². The average molecular weight is 149 g/mol. The van der Waals surface area contributed by atoms with E-state index in [0.29, 0.717) is 0 Å².